The van der Waals surface area contributed by atoms with E-state index in [1.54, 1.807) is 7.11 Å². The number of allylic oxidation sites excluding steroid dienone is 1. The molecule has 3 atom stereocenters. The number of ether oxygens (including phenoxy) is 1. The van der Waals surface area contributed by atoms with E-state index in [-0.39, 0.29) is 12.0 Å². The molecule has 2 fully saturated rings. The molecule has 3 aliphatic rings. The minimum absolute atomic E-state index is 0.162. The SMILES string of the molecule is CCCCNCCC(CC(=O)C12CC1c1cc(OC)ccc1/C=C(\C1CCCCC1)c1ccc(C)cc1N(C)C2)N(C)Cc1ccccc1. The van der Waals surface area contributed by atoms with Crippen LogP contribution in [0.4, 0.5) is 5.69 Å². The highest BCUT2D eigenvalue weighted by Gasteiger charge is 2.61. The molecule has 3 aromatic rings. The van der Waals surface area contributed by atoms with Gasteiger partial charge in [-0.15, -0.1) is 0 Å². The Balaban J connectivity index is 1.37. The lowest BCUT2D eigenvalue weighted by atomic mass is 9.78. The maximum atomic E-state index is 15.0. The molecule has 6 rings (SSSR count). The summed E-state index contributed by atoms with van der Waals surface area (Å²) in [5.74, 6) is 2.00. The monoisotopic (exact) mass is 661 g/mol. The predicted molar refractivity (Wildman–Crippen MR) is 205 cm³/mol. The van der Waals surface area contributed by atoms with Crippen LogP contribution in [0, 0.1) is 18.3 Å². The number of benzene rings is 3. The Morgan fingerprint density at radius 2 is 1.84 bits per heavy atom. The molecule has 1 aliphatic heterocycles. The molecule has 0 amide bonds. The second kappa shape index (κ2) is 16.1. The largest absolute Gasteiger partial charge is 0.497 e. The van der Waals surface area contributed by atoms with Crippen molar-refractivity contribution < 1.29 is 9.53 Å². The molecular formula is C44H59N3O2. The summed E-state index contributed by atoms with van der Waals surface area (Å²) >= 11 is 0. The molecule has 0 saturated heterocycles. The lowest BCUT2D eigenvalue weighted by molar-refractivity contribution is -0.125. The average molecular weight is 662 g/mol. The van der Waals surface area contributed by atoms with E-state index in [0.717, 1.165) is 44.8 Å². The predicted octanol–water partition coefficient (Wildman–Crippen LogP) is 9.29. The van der Waals surface area contributed by atoms with Crippen molar-refractivity contribution in [2.24, 2.45) is 11.3 Å². The normalized spacial score (nSPS) is 22.4. The topological polar surface area (TPSA) is 44.8 Å². The summed E-state index contributed by atoms with van der Waals surface area (Å²) in [6.07, 6.45) is 13.7. The quantitative estimate of drug-likeness (QED) is 0.175. The van der Waals surface area contributed by atoms with Gasteiger partial charge in [0.05, 0.1) is 12.5 Å². The highest BCUT2D eigenvalue weighted by Crippen LogP contribution is 2.63. The van der Waals surface area contributed by atoms with Crippen LogP contribution in [0.15, 0.2) is 66.7 Å². The number of fused-ring (bicyclic) bond motifs is 4. The zero-order valence-electron chi connectivity index (χ0n) is 30.8. The van der Waals surface area contributed by atoms with Gasteiger partial charge in [0.1, 0.15) is 11.5 Å². The van der Waals surface area contributed by atoms with Crippen LogP contribution in [0.3, 0.4) is 0 Å². The number of methoxy groups -OCH3 is 1. The third-order valence-corrected chi connectivity index (χ3v) is 11.7. The Kier molecular flexibility index (Phi) is 11.6. The van der Waals surface area contributed by atoms with Gasteiger partial charge < -0.3 is 15.0 Å². The molecule has 0 spiro atoms. The summed E-state index contributed by atoms with van der Waals surface area (Å²) in [6, 6.07) is 24.4. The second-order valence-electron chi connectivity index (χ2n) is 15.3. The van der Waals surface area contributed by atoms with E-state index in [4.69, 9.17) is 4.74 Å². The molecule has 3 aromatic carbocycles. The van der Waals surface area contributed by atoms with Crippen molar-refractivity contribution in [3.63, 3.8) is 0 Å². The Hall–Kier alpha value is -3.41. The van der Waals surface area contributed by atoms with Crippen LogP contribution in [0.2, 0.25) is 0 Å². The van der Waals surface area contributed by atoms with E-state index in [1.165, 1.54) is 84.0 Å². The first-order valence-corrected chi connectivity index (χ1v) is 19.0. The molecule has 0 aromatic heterocycles. The van der Waals surface area contributed by atoms with Crippen molar-refractivity contribution in [3.8, 4) is 5.75 Å². The molecule has 1 heterocycles. The van der Waals surface area contributed by atoms with E-state index >= 15 is 4.79 Å². The summed E-state index contributed by atoms with van der Waals surface area (Å²) in [5.41, 5.74) is 8.72. The van der Waals surface area contributed by atoms with E-state index in [1.807, 2.05) is 0 Å². The Morgan fingerprint density at radius 3 is 2.59 bits per heavy atom. The third kappa shape index (κ3) is 8.15. The molecule has 49 heavy (non-hydrogen) atoms. The lowest BCUT2D eigenvalue weighted by Gasteiger charge is -2.34. The molecular weight excluding hydrogens is 603 g/mol. The van der Waals surface area contributed by atoms with Gasteiger partial charge in [-0.25, -0.2) is 0 Å². The molecule has 2 saturated carbocycles. The highest BCUT2D eigenvalue weighted by molar-refractivity contribution is 5.94. The summed E-state index contributed by atoms with van der Waals surface area (Å²) in [6.45, 7) is 7.95. The Labute approximate surface area is 296 Å². The van der Waals surface area contributed by atoms with Crippen molar-refractivity contribution in [2.75, 3.05) is 45.7 Å². The van der Waals surface area contributed by atoms with Gasteiger partial charge in [-0.05, 0) is 117 Å². The number of nitrogens with one attached hydrogen (secondary N) is 1. The Morgan fingerprint density at radius 1 is 1.04 bits per heavy atom. The van der Waals surface area contributed by atoms with Crippen molar-refractivity contribution >= 4 is 23.1 Å². The molecule has 3 unspecified atom stereocenters. The minimum atomic E-state index is -0.436. The van der Waals surface area contributed by atoms with Gasteiger partial charge in [-0.1, -0.05) is 87.2 Å². The molecule has 2 aliphatic carbocycles. The number of Topliss-reactive ketones (excluding diaryl/α,β-unsaturated/α-hetero) is 1. The van der Waals surface area contributed by atoms with Crippen molar-refractivity contribution in [1.82, 2.24) is 10.2 Å². The number of nitrogens with zero attached hydrogens (tertiary/aromatic N) is 2. The number of rotatable bonds is 14. The van der Waals surface area contributed by atoms with Crippen molar-refractivity contribution in [3.05, 3.63) is 94.5 Å². The van der Waals surface area contributed by atoms with Crippen LogP contribution in [0.25, 0.3) is 11.6 Å². The maximum absolute atomic E-state index is 15.0. The number of carbonyl (C=O) groups excluding carboxylic acids is 1. The van der Waals surface area contributed by atoms with Gasteiger partial charge in [0, 0.05) is 43.9 Å². The number of aryl methyl sites for hydroxylation is 1. The summed E-state index contributed by atoms with van der Waals surface area (Å²) in [7, 11) is 6.19. The van der Waals surface area contributed by atoms with Crippen LogP contribution in [-0.2, 0) is 11.3 Å². The number of hydrogen-bond acceptors (Lipinski definition) is 5. The van der Waals surface area contributed by atoms with E-state index in [0.29, 0.717) is 18.1 Å². The van der Waals surface area contributed by atoms with Gasteiger partial charge in [-0.3, -0.25) is 9.69 Å². The summed E-state index contributed by atoms with van der Waals surface area (Å²) < 4.78 is 5.80. The van der Waals surface area contributed by atoms with E-state index < -0.39 is 5.41 Å². The molecule has 0 bridgehead atoms. The molecule has 0 radical (unpaired) electrons. The van der Waals surface area contributed by atoms with Crippen molar-refractivity contribution in [2.45, 2.75) is 96.6 Å². The van der Waals surface area contributed by atoms with Crippen molar-refractivity contribution in [1.29, 1.82) is 0 Å². The first-order chi connectivity index (χ1) is 23.8. The zero-order valence-corrected chi connectivity index (χ0v) is 30.8. The zero-order chi connectivity index (χ0) is 34.4. The van der Waals surface area contributed by atoms with Crippen LogP contribution < -0.4 is 15.0 Å². The third-order valence-electron chi connectivity index (χ3n) is 11.7. The fraction of sp³-hybridized carbons (Fsp3) is 0.523. The lowest BCUT2D eigenvalue weighted by Crippen LogP contribution is -2.40. The first kappa shape index (κ1) is 35.4. The van der Waals surface area contributed by atoms with Crippen LogP contribution in [0.5, 0.6) is 5.75 Å². The van der Waals surface area contributed by atoms with Crippen LogP contribution in [0.1, 0.15) is 105 Å². The average Bonchev–Trinajstić information content (AvgIpc) is 3.85. The maximum Gasteiger partial charge on any atom is 0.143 e. The summed E-state index contributed by atoms with van der Waals surface area (Å²) in [4.78, 5) is 19.9. The molecule has 5 heteroatoms. The first-order valence-electron chi connectivity index (χ1n) is 19.0. The fourth-order valence-electron chi connectivity index (χ4n) is 8.70. The highest BCUT2D eigenvalue weighted by atomic mass is 16.5. The number of anilines is 1. The number of carbonyl (C=O) groups is 1. The minimum Gasteiger partial charge on any atom is -0.497 e. The van der Waals surface area contributed by atoms with Crippen LogP contribution >= 0.6 is 0 Å². The number of unbranched alkanes of at least 4 members (excludes halogenated alkanes) is 1. The number of ketones is 1. The van der Waals surface area contributed by atoms with Gasteiger partial charge >= 0.3 is 0 Å². The second-order valence-corrected chi connectivity index (χ2v) is 15.3. The van der Waals surface area contributed by atoms with Gasteiger partial charge in [0.25, 0.3) is 0 Å². The van der Waals surface area contributed by atoms with E-state index in [2.05, 4.69) is 116 Å². The van der Waals surface area contributed by atoms with Crippen LogP contribution in [-0.4, -0.2) is 57.6 Å². The van der Waals surface area contributed by atoms with Gasteiger partial charge in [0.2, 0.25) is 0 Å². The van der Waals surface area contributed by atoms with E-state index in [9.17, 15) is 0 Å². The van der Waals surface area contributed by atoms with Gasteiger partial charge in [0.15, 0.2) is 0 Å². The molecule has 262 valence electrons. The standard InChI is InChI=1S/C44H59N3O2/c1-6-7-23-45-24-22-36(46(3)30-33-14-10-8-11-15-33)27-43(48)44-29-41(44)40-28-37(49-5)20-19-35(40)26-39(34-16-12-9-13-17-34)38-21-18-32(2)25-42(38)47(4)31-44/h8,10-11,14-15,18-21,25-26,28,34,36,41,45H,6-7,9,12-13,16-17,22-24,27,29-31H2,1-5H3/b39-26+. The smallest absolute Gasteiger partial charge is 0.143 e. The Bertz CT molecular complexity index is 1590. The van der Waals surface area contributed by atoms with Gasteiger partial charge in [-0.2, -0.15) is 0 Å². The fourth-order valence-corrected chi connectivity index (χ4v) is 8.70. The molecule has 5 nitrogen and oxygen atoms in total. The number of hydrogen-bond donors (Lipinski definition) is 1. The summed E-state index contributed by atoms with van der Waals surface area (Å²) in [5, 5.41) is 3.66. The molecule has 1 N–H and O–H groups in total.